The standard InChI is InChI=1S/C21H30N4O3S/c1-3-23(4-2)19(26)14-22-10-7-11-24(13-12-22)20(27)15-25-17-8-5-6-9-18(17)29-16-21(25)28/h5-6,8-9H,3-4,7,10-16H2,1-2H3. The number of likely N-dealkylation sites (N-methyl/N-ethyl adjacent to an activating group) is 1. The Bertz CT molecular complexity index is 753. The van der Waals surface area contributed by atoms with Crippen molar-refractivity contribution in [1.82, 2.24) is 14.7 Å². The monoisotopic (exact) mass is 418 g/mol. The van der Waals surface area contributed by atoms with Crippen LogP contribution in [0.1, 0.15) is 20.3 Å². The number of nitrogens with zero attached hydrogens (tertiary/aromatic N) is 4. The van der Waals surface area contributed by atoms with Gasteiger partial charge in [-0.15, -0.1) is 11.8 Å². The Hall–Kier alpha value is -2.06. The van der Waals surface area contributed by atoms with Crippen molar-refractivity contribution >= 4 is 35.2 Å². The van der Waals surface area contributed by atoms with E-state index in [1.54, 1.807) is 4.90 Å². The quantitative estimate of drug-likeness (QED) is 0.701. The van der Waals surface area contributed by atoms with Gasteiger partial charge in [-0.3, -0.25) is 19.3 Å². The van der Waals surface area contributed by atoms with Gasteiger partial charge < -0.3 is 14.7 Å². The van der Waals surface area contributed by atoms with E-state index in [4.69, 9.17) is 0 Å². The van der Waals surface area contributed by atoms with Crippen molar-refractivity contribution in [1.29, 1.82) is 0 Å². The lowest BCUT2D eigenvalue weighted by Crippen LogP contribution is -2.46. The number of benzene rings is 1. The molecule has 8 heteroatoms. The number of carbonyl (C=O) groups is 3. The van der Waals surface area contributed by atoms with Crippen LogP contribution in [0.5, 0.6) is 0 Å². The molecule has 1 fully saturated rings. The van der Waals surface area contributed by atoms with Crippen molar-refractivity contribution in [3.05, 3.63) is 24.3 Å². The van der Waals surface area contributed by atoms with Gasteiger partial charge in [0.05, 0.1) is 18.0 Å². The molecule has 3 amide bonds. The molecule has 2 aliphatic rings. The summed E-state index contributed by atoms with van der Waals surface area (Å²) in [6.07, 6.45) is 0.831. The first kappa shape index (κ1) is 21.6. The van der Waals surface area contributed by atoms with Gasteiger partial charge in [0.1, 0.15) is 6.54 Å². The zero-order valence-corrected chi connectivity index (χ0v) is 18.1. The van der Waals surface area contributed by atoms with Crippen LogP contribution >= 0.6 is 11.8 Å². The predicted molar refractivity (Wildman–Crippen MR) is 115 cm³/mol. The number of carbonyl (C=O) groups excluding carboxylic acids is 3. The highest BCUT2D eigenvalue weighted by Gasteiger charge is 2.29. The SMILES string of the molecule is CCN(CC)C(=O)CN1CCCN(C(=O)CN2C(=O)CSc3ccccc32)CC1. The summed E-state index contributed by atoms with van der Waals surface area (Å²) in [5.41, 5.74) is 0.823. The largest absolute Gasteiger partial charge is 0.342 e. The van der Waals surface area contributed by atoms with Gasteiger partial charge in [0.25, 0.3) is 0 Å². The van der Waals surface area contributed by atoms with Gasteiger partial charge in [-0.05, 0) is 32.4 Å². The van der Waals surface area contributed by atoms with E-state index in [2.05, 4.69) is 4.90 Å². The first-order valence-corrected chi connectivity index (χ1v) is 11.3. The molecule has 0 aromatic heterocycles. The number of hydrogen-bond acceptors (Lipinski definition) is 5. The van der Waals surface area contributed by atoms with Crippen LogP contribution in [-0.2, 0) is 14.4 Å². The summed E-state index contributed by atoms with van der Waals surface area (Å²) in [7, 11) is 0. The molecule has 0 spiro atoms. The molecule has 0 radical (unpaired) electrons. The highest BCUT2D eigenvalue weighted by Crippen LogP contribution is 2.34. The molecule has 0 bridgehead atoms. The summed E-state index contributed by atoms with van der Waals surface area (Å²) >= 11 is 1.52. The Morgan fingerprint density at radius 3 is 2.55 bits per heavy atom. The van der Waals surface area contributed by atoms with E-state index in [1.807, 2.05) is 47.9 Å². The maximum absolute atomic E-state index is 12.9. The molecule has 1 saturated heterocycles. The first-order valence-electron chi connectivity index (χ1n) is 10.3. The van der Waals surface area contributed by atoms with Crippen molar-refractivity contribution in [2.45, 2.75) is 25.2 Å². The number of anilines is 1. The van der Waals surface area contributed by atoms with Crippen LogP contribution < -0.4 is 4.90 Å². The summed E-state index contributed by atoms with van der Waals surface area (Å²) < 4.78 is 0. The van der Waals surface area contributed by atoms with Gasteiger partial charge in [-0.1, -0.05) is 12.1 Å². The molecule has 0 unspecified atom stereocenters. The Labute approximate surface area is 177 Å². The van der Waals surface area contributed by atoms with Crippen LogP contribution in [0.3, 0.4) is 0 Å². The van der Waals surface area contributed by atoms with Crippen LogP contribution in [-0.4, -0.2) is 90.5 Å². The molecule has 3 rings (SSSR count). The number of hydrogen-bond donors (Lipinski definition) is 0. The molecule has 1 aromatic carbocycles. The van der Waals surface area contributed by atoms with Crippen molar-refractivity contribution in [3.63, 3.8) is 0 Å². The van der Waals surface area contributed by atoms with Crippen LogP contribution in [0.25, 0.3) is 0 Å². The smallest absolute Gasteiger partial charge is 0.242 e. The third kappa shape index (κ3) is 5.30. The minimum atomic E-state index is -0.0306. The average molecular weight is 419 g/mol. The van der Waals surface area contributed by atoms with Crippen molar-refractivity contribution < 1.29 is 14.4 Å². The zero-order valence-electron chi connectivity index (χ0n) is 17.3. The Balaban J connectivity index is 1.57. The molecule has 2 aliphatic heterocycles. The minimum absolute atomic E-state index is 0.0247. The van der Waals surface area contributed by atoms with Crippen LogP contribution in [0.4, 0.5) is 5.69 Å². The van der Waals surface area contributed by atoms with Crippen molar-refractivity contribution in [2.24, 2.45) is 0 Å². The van der Waals surface area contributed by atoms with Gasteiger partial charge in [0.2, 0.25) is 17.7 Å². The molecular weight excluding hydrogens is 388 g/mol. The number of amides is 3. The van der Waals surface area contributed by atoms with Gasteiger partial charge in [0, 0.05) is 44.2 Å². The van der Waals surface area contributed by atoms with Crippen molar-refractivity contribution in [3.8, 4) is 0 Å². The van der Waals surface area contributed by atoms with Crippen LogP contribution in [0, 0.1) is 0 Å². The lowest BCUT2D eigenvalue weighted by molar-refractivity contribution is -0.132. The summed E-state index contributed by atoms with van der Waals surface area (Å²) in [6, 6.07) is 7.73. The molecule has 0 N–H and O–H groups in total. The van der Waals surface area contributed by atoms with E-state index in [9.17, 15) is 14.4 Å². The molecular formula is C21H30N4O3S. The average Bonchev–Trinajstić information content (AvgIpc) is 2.96. The second-order valence-electron chi connectivity index (χ2n) is 7.31. The molecule has 2 heterocycles. The molecule has 29 heavy (non-hydrogen) atoms. The van der Waals surface area contributed by atoms with E-state index in [-0.39, 0.29) is 24.3 Å². The zero-order chi connectivity index (χ0) is 20.8. The summed E-state index contributed by atoms with van der Waals surface area (Å²) in [6.45, 7) is 8.63. The van der Waals surface area contributed by atoms with Gasteiger partial charge in [0.15, 0.2) is 0 Å². The van der Waals surface area contributed by atoms with Crippen LogP contribution in [0.15, 0.2) is 29.2 Å². The van der Waals surface area contributed by atoms with Gasteiger partial charge >= 0.3 is 0 Å². The molecule has 158 valence electrons. The van der Waals surface area contributed by atoms with E-state index in [0.29, 0.717) is 31.9 Å². The van der Waals surface area contributed by atoms with Gasteiger partial charge in [-0.25, -0.2) is 0 Å². The number of para-hydroxylation sites is 1. The number of thioether (sulfide) groups is 1. The summed E-state index contributed by atoms with van der Waals surface area (Å²) in [4.78, 5) is 46.2. The van der Waals surface area contributed by atoms with E-state index < -0.39 is 0 Å². The predicted octanol–water partition coefficient (Wildman–Crippen LogP) is 1.53. The minimum Gasteiger partial charge on any atom is -0.342 e. The van der Waals surface area contributed by atoms with E-state index in [0.717, 1.165) is 36.6 Å². The van der Waals surface area contributed by atoms with Gasteiger partial charge in [-0.2, -0.15) is 0 Å². The fraction of sp³-hybridized carbons (Fsp3) is 0.571. The topological polar surface area (TPSA) is 64.2 Å². The highest BCUT2D eigenvalue weighted by atomic mass is 32.2. The lowest BCUT2D eigenvalue weighted by Gasteiger charge is -2.30. The van der Waals surface area contributed by atoms with E-state index >= 15 is 0 Å². The highest BCUT2D eigenvalue weighted by molar-refractivity contribution is 8.00. The third-order valence-corrected chi connectivity index (χ3v) is 6.57. The summed E-state index contributed by atoms with van der Waals surface area (Å²) in [5, 5.41) is 0. The Morgan fingerprint density at radius 1 is 1.03 bits per heavy atom. The fourth-order valence-electron chi connectivity index (χ4n) is 3.81. The third-order valence-electron chi connectivity index (χ3n) is 5.52. The fourth-order valence-corrected chi connectivity index (χ4v) is 4.74. The molecule has 0 atom stereocenters. The Kier molecular flexibility index (Phi) is 7.55. The second kappa shape index (κ2) is 10.1. The molecule has 7 nitrogen and oxygen atoms in total. The first-order chi connectivity index (χ1) is 14.0. The second-order valence-corrected chi connectivity index (χ2v) is 8.33. The maximum atomic E-state index is 12.9. The Morgan fingerprint density at radius 2 is 1.79 bits per heavy atom. The number of fused-ring (bicyclic) bond motifs is 1. The van der Waals surface area contributed by atoms with E-state index in [1.165, 1.54) is 11.8 Å². The van der Waals surface area contributed by atoms with Crippen molar-refractivity contribution in [2.75, 3.05) is 63.0 Å². The molecule has 0 aliphatic carbocycles. The lowest BCUT2D eigenvalue weighted by atomic mass is 10.2. The normalized spacial score (nSPS) is 17.7. The summed E-state index contributed by atoms with van der Waals surface area (Å²) in [5.74, 6) is 0.453. The van der Waals surface area contributed by atoms with Crippen LogP contribution in [0.2, 0.25) is 0 Å². The molecule has 1 aromatic rings. The molecule has 0 saturated carbocycles. The maximum Gasteiger partial charge on any atom is 0.242 e. The number of rotatable bonds is 6.